The van der Waals surface area contributed by atoms with Gasteiger partial charge in [0.25, 0.3) is 0 Å². The quantitative estimate of drug-likeness (QED) is 0.426. The number of hydrogen-bond donors (Lipinski definition) is 1. The molecule has 0 saturated carbocycles. The van der Waals surface area contributed by atoms with Crippen LogP contribution in [0.5, 0.6) is 5.75 Å². The van der Waals surface area contributed by atoms with Crippen molar-refractivity contribution < 1.29 is 13.9 Å². The van der Waals surface area contributed by atoms with Crippen LogP contribution in [0.4, 0.5) is 4.39 Å². The minimum Gasteiger partial charge on any atom is -0.496 e. The lowest BCUT2D eigenvalue weighted by Gasteiger charge is -2.13. The van der Waals surface area contributed by atoms with E-state index in [0.29, 0.717) is 31.1 Å². The van der Waals surface area contributed by atoms with Gasteiger partial charge < -0.3 is 14.6 Å². The minimum atomic E-state index is -0.243. The van der Waals surface area contributed by atoms with Crippen LogP contribution in [0.15, 0.2) is 53.7 Å². The molecule has 1 aromatic heterocycles. The van der Waals surface area contributed by atoms with Crippen molar-refractivity contribution in [1.29, 1.82) is 0 Å². The second-order valence-electron chi connectivity index (χ2n) is 7.91. The number of carbonyl (C=O) groups excluding carboxylic acids is 1. The Morgan fingerprint density at radius 1 is 1.16 bits per heavy atom. The molecule has 0 saturated heterocycles. The Bertz CT molecular complexity index is 1020. The summed E-state index contributed by atoms with van der Waals surface area (Å²) in [6, 6.07) is 14.1. The summed E-state index contributed by atoms with van der Waals surface area (Å²) in [6.07, 6.45) is 0.836. The second-order valence-corrected chi connectivity index (χ2v) is 8.85. The molecule has 0 aliphatic carbocycles. The fourth-order valence-electron chi connectivity index (χ4n) is 3.24. The van der Waals surface area contributed by atoms with Crippen molar-refractivity contribution in [3.63, 3.8) is 0 Å². The Morgan fingerprint density at radius 3 is 2.62 bits per heavy atom. The number of halogens is 1. The van der Waals surface area contributed by atoms with Gasteiger partial charge in [-0.25, -0.2) is 4.39 Å². The van der Waals surface area contributed by atoms with Crippen molar-refractivity contribution in [2.45, 2.75) is 50.7 Å². The van der Waals surface area contributed by atoms with Gasteiger partial charge in [0.2, 0.25) is 5.91 Å². The molecule has 32 heavy (non-hydrogen) atoms. The van der Waals surface area contributed by atoms with Gasteiger partial charge >= 0.3 is 0 Å². The number of hydrogen-bond acceptors (Lipinski definition) is 5. The maximum atomic E-state index is 13.1. The summed E-state index contributed by atoms with van der Waals surface area (Å²) in [6.45, 7) is 5.47. The molecule has 1 N–H and O–H groups in total. The van der Waals surface area contributed by atoms with E-state index in [1.807, 2.05) is 24.3 Å². The molecule has 0 atom stereocenters. The van der Waals surface area contributed by atoms with Gasteiger partial charge in [0.1, 0.15) is 17.4 Å². The van der Waals surface area contributed by atoms with Gasteiger partial charge in [0.05, 0.1) is 7.11 Å². The minimum absolute atomic E-state index is 0.0458. The highest BCUT2D eigenvalue weighted by Crippen LogP contribution is 2.24. The lowest BCUT2D eigenvalue weighted by Crippen LogP contribution is -2.24. The van der Waals surface area contributed by atoms with Crippen molar-refractivity contribution in [2.75, 3.05) is 7.11 Å². The van der Waals surface area contributed by atoms with Crippen LogP contribution in [-0.4, -0.2) is 27.8 Å². The monoisotopic (exact) mass is 456 g/mol. The van der Waals surface area contributed by atoms with Crippen molar-refractivity contribution >= 4 is 17.7 Å². The summed E-state index contributed by atoms with van der Waals surface area (Å²) in [5.74, 6) is 2.36. The molecule has 1 heterocycles. The number of aromatic nitrogens is 3. The van der Waals surface area contributed by atoms with Crippen LogP contribution in [0, 0.1) is 11.7 Å². The van der Waals surface area contributed by atoms with Crippen molar-refractivity contribution in [3.05, 3.63) is 71.3 Å². The maximum absolute atomic E-state index is 13.1. The van der Waals surface area contributed by atoms with Gasteiger partial charge in [-0.2, -0.15) is 0 Å². The smallest absolute Gasteiger partial charge is 0.220 e. The molecule has 8 heteroatoms. The van der Waals surface area contributed by atoms with Gasteiger partial charge in [-0.05, 0) is 29.7 Å². The number of benzene rings is 2. The first-order valence-electron chi connectivity index (χ1n) is 10.6. The summed E-state index contributed by atoms with van der Waals surface area (Å²) in [5, 5.41) is 12.5. The zero-order valence-corrected chi connectivity index (χ0v) is 19.5. The van der Waals surface area contributed by atoms with Crippen LogP contribution in [0.25, 0.3) is 0 Å². The maximum Gasteiger partial charge on any atom is 0.220 e. The van der Waals surface area contributed by atoms with Gasteiger partial charge in [-0.3, -0.25) is 4.79 Å². The van der Waals surface area contributed by atoms with Crippen LogP contribution < -0.4 is 10.1 Å². The third-order valence-corrected chi connectivity index (χ3v) is 5.90. The number of amides is 1. The first-order chi connectivity index (χ1) is 15.5. The van der Waals surface area contributed by atoms with E-state index < -0.39 is 0 Å². The molecule has 6 nitrogen and oxygen atoms in total. The summed E-state index contributed by atoms with van der Waals surface area (Å²) in [5.41, 5.74) is 1.96. The van der Waals surface area contributed by atoms with E-state index in [-0.39, 0.29) is 11.7 Å². The van der Waals surface area contributed by atoms with Gasteiger partial charge in [0.15, 0.2) is 5.16 Å². The molecule has 0 bridgehead atoms. The third-order valence-electron chi connectivity index (χ3n) is 4.87. The largest absolute Gasteiger partial charge is 0.496 e. The average Bonchev–Trinajstić information content (AvgIpc) is 3.16. The molecule has 2 aromatic carbocycles. The van der Waals surface area contributed by atoms with Crippen molar-refractivity contribution in [1.82, 2.24) is 20.1 Å². The number of nitrogens with zero attached hydrogens (tertiary/aromatic N) is 3. The molecule has 0 aliphatic rings. The van der Waals surface area contributed by atoms with Gasteiger partial charge in [-0.15, -0.1) is 10.2 Å². The van der Waals surface area contributed by atoms with E-state index in [4.69, 9.17) is 4.74 Å². The van der Waals surface area contributed by atoms with Crippen LogP contribution in [0.3, 0.4) is 0 Å². The molecule has 170 valence electrons. The number of aryl methyl sites for hydroxylation is 1. The van der Waals surface area contributed by atoms with Crippen LogP contribution in [-0.2, 0) is 30.1 Å². The molecule has 0 radical (unpaired) electrons. The van der Waals surface area contributed by atoms with Crippen LogP contribution >= 0.6 is 11.8 Å². The van der Waals surface area contributed by atoms with E-state index in [2.05, 4.69) is 33.9 Å². The van der Waals surface area contributed by atoms with E-state index in [9.17, 15) is 9.18 Å². The Hall–Kier alpha value is -2.87. The standard InChI is InChI=1S/C24H29FN4O2S/c1-17(2)15-29-22(27-28-24(29)32-16-18-8-10-20(25)11-9-18)12-13-23(30)26-14-19-6-4-5-7-21(19)31-3/h4-11,17H,12-16H2,1-3H3,(H,26,30). The molecule has 0 aliphatic heterocycles. The number of methoxy groups -OCH3 is 1. The molecular weight excluding hydrogens is 427 g/mol. The third kappa shape index (κ3) is 6.82. The normalized spacial score (nSPS) is 11.0. The number of carbonyl (C=O) groups is 1. The summed E-state index contributed by atoms with van der Waals surface area (Å²) < 4.78 is 20.5. The highest BCUT2D eigenvalue weighted by atomic mass is 32.2. The van der Waals surface area contributed by atoms with Crippen LogP contribution in [0.2, 0.25) is 0 Å². The first kappa shape index (κ1) is 23.8. The summed E-state index contributed by atoms with van der Waals surface area (Å²) >= 11 is 1.57. The molecule has 1 amide bonds. The van der Waals surface area contributed by atoms with E-state index in [1.165, 1.54) is 12.1 Å². The molecule has 3 rings (SSSR count). The number of nitrogens with one attached hydrogen (secondary N) is 1. The molecule has 0 unspecified atom stereocenters. The van der Waals surface area contributed by atoms with E-state index >= 15 is 0 Å². The average molecular weight is 457 g/mol. The lowest BCUT2D eigenvalue weighted by molar-refractivity contribution is -0.121. The zero-order valence-electron chi connectivity index (χ0n) is 18.7. The van der Waals surface area contributed by atoms with Crippen LogP contribution in [0.1, 0.15) is 37.2 Å². The first-order valence-corrected chi connectivity index (χ1v) is 11.6. The fraction of sp³-hybridized carbons (Fsp3) is 0.375. The highest BCUT2D eigenvalue weighted by molar-refractivity contribution is 7.98. The van der Waals surface area contributed by atoms with Crippen molar-refractivity contribution in [3.8, 4) is 5.75 Å². The Kier molecular flexibility index (Phi) is 8.67. The predicted octanol–water partition coefficient (Wildman–Crippen LogP) is 4.62. The fourth-order valence-corrected chi connectivity index (χ4v) is 4.17. The molecular formula is C24H29FN4O2S. The Balaban J connectivity index is 1.58. The van der Waals surface area contributed by atoms with Crippen molar-refractivity contribution in [2.24, 2.45) is 5.92 Å². The van der Waals surface area contributed by atoms with Gasteiger partial charge in [-0.1, -0.05) is 55.9 Å². The summed E-state index contributed by atoms with van der Waals surface area (Å²) in [7, 11) is 1.62. The number of ether oxygens (including phenoxy) is 1. The Labute approximate surface area is 192 Å². The summed E-state index contributed by atoms with van der Waals surface area (Å²) in [4.78, 5) is 12.4. The number of thioether (sulfide) groups is 1. The Morgan fingerprint density at radius 2 is 1.91 bits per heavy atom. The predicted molar refractivity (Wildman–Crippen MR) is 124 cm³/mol. The molecule has 0 fully saturated rings. The molecule has 3 aromatic rings. The van der Waals surface area contributed by atoms with E-state index in [1.54, 1.807) is 31.0 Å². The lowest BCUT2D eigenvalue weighted by atomic mass is 10.2. The van der Waals surface area contributed by atoms with Gasteiger partial charge in [0, 0.05) is 37.2 Å². The SMILES string of the molecule is COc1ccccc1CNC(=O)CCc1nnc(SCc2ccc(F)cc2)n1CC(C)C. The highest BCUT2D eigenvalue weighted by Gasteiger charge is 2.15. The molecule has 0 spiro atoms. The zero-order chi connectivity index (χ0) is 22.9. The topological polar surface area (TPSA) is 69.0 Å². The second kappa shape index (κ2) is 11.7. The van der Waals surface area contributed by atoms with E-state index in [0.717, 1.165) is 34.4 Å². The number of para-hydroxylation sites is 1. The number of rotatable bonds is 11.